The Labute approximate surface area is 289 Å². The van der Waals surface area contributed by atoms with Gasteiger partial charge in [-0.1, -0.05) is 25.1 Å². The lowest BCUT2D eigenvalue weighted by molar-refractivity contribution is -0.124. The van der Waals surface area contributed by atoms with E-state index >= 15 is 0 Å². The Balaban J connectivity index is 1.25. The maximum atomic E-state index is 14.5. The van der Waals surface area contributed by atoms with Gasteiger partial charge >= 0.3 is 12.1 Å². The molecule has 2 aliphatic heterocycles. The first kappa shape index (κ1) is 33.1. The number of hydrogen-bond donors (Lipinski definition) is 1. The molecule has 12 heteroatoms. The van der Waals surface area contributed by atoms with Crippen molar-refractivity contribution >= 4 is 46.1 Å². The fraction of sp³-hybridized carbons (Fsp3) is 0.459. The van der Waals surface area contributed by atoms with Gasteiger partial charge in [0.2, 0.25) is 12.7 Å². The number of anilines is 1. The fourth-order valence-corrected chi connectivity index (χ4v) is 8.10. The Morgan fingerprint density at radius 3 is 2.57 bits per heavy atom. The number of benzene rings is 2. The van der Waals surface area contributed by atoms with Crippen LogP contribution in [0.1, 0.15) is 69.0 Å². The van der Waals surface area contributed by atoms with E-state index in [1.807, 2.05) is 53.4 Å². The van der Waals surface area contributed by atoms with E-state index in [1.165, 1.54) is 11.3 Å². The molecule has 0 unspecified atom stereocenters. The van der Waals surface area contributed by atoms with E-state index in [1.54, 1.807) is 13.8 Å². The molecular formula is C37H42N4O7S. The van der Waals surface area contributed by atoms with E-state index in [9.17, 15) is 14.4 Å². The highest BCUT2D eigenvalue weighted by Crippen LogP contribution is 2.44. The second-order valence-corrected chi connectivity index (χ2v) is 14.5. The number of fused-ring (bicyclic) bond motifs is 5. The van der Waals surface area contributed by atoms with Gasteiger partial charge in [0.05, 0.1) is 28.4 Å². The summed E-state index contributed by atoms with van der Waals surface area (Å²) in [6.45, 7) is 6.93. The third-order valence-electron chi connectivity index (χ3n) is 9.64. The highest BCUT2D eigenvalue weighted by molar-refractivity contribution is 7.18. The SMILES string of the molecule is CC1CCC(C(=O)N(c2cc(-c3ccc4c(c3)OCn3c-4nc4ccccc43)sc2C(=O)OCOC(=O)OC(C)C)C2CCNCC2)CC1. The lowest BCUT2D eigenvalue weighted by atomic mass is 9.82. The highest BCUT2D eigenvalue weighted by atomic mass is 32.1. The van der Waals surface area contributed by atoms with Crippen molar-refractivity contribution in [2.24, 2.45) is 11.8 Å². The number of para-hydroxylation sites is 2. The van der Waals surface area contributed by atoms with Gasteiger partial charge in [0, 0.05) is 16.8 Å². The number of piperidine rings is 1. The molecule has 1 saturated heterocycles. The average Bonchev–Trinajstić information content (AvgIpc) is 3.71. The zero-order chi connectivity index (χ0) is 34.1. The van der Waals surface area contributed by atoms with Crippen LogP contribution in [0.15, 0.2) is 48.5 Å². The van der Waals surface area contributed by atoms with Crippen molar-refractivity contribution in [2.45, 2.75) is 78.2 Å². The Kier molecular flexibility index (Phi) is 9.59. The van der Waals surface area contributed by atoms with Gasteiger partial charge in [-0.2, -0.15) is 0 Å². The van der Waals surface area contributed by atoms with E-state index in [2.05, 4.69) is 16.8 Å². The zero-order valence-electron chi connectivity index (χ0n) is 28.1. The van der Waals surface area contributed by atoms with Gasteiger partial charge in [-0.3, -0.25) is 9.36 Å². The van der Waals surface area contributed by atoms with Crippen LogP contribution in [0.4, 0.5) is 10.5 Å². The van der Waals surface area contributed by atoms with Crippen LogP contribution in [0.25, 0.3) is 32.9 Å². The van der Waals surface area contributed by atoms with Crippen LogP contribution in [0.3, 0.4) is 0 Å². The summed E-state index contributed by atoms with van der Waals surface area (Å²) in [4.78, 5) is 48.0. The third-order valence-corrected chi connectivity index (χ3v) is 10.8. The molecule has 3 aliphatic rings. The average molecular weight is 687 g/mol. The predicted molar refractivity (Wildman–Crippen MR) is 187 cm³/mol. The second-order valence-electron chi connectivity index (χ2n) is 13.4. The fourth-order valence-electron chi connectivity index (χ4n) is 7.06. The second kappa shape index (κ2) is 14.2. The summed E-state index contributed by atoms with van der Waals surface area (Å²) in [6.07, 6.45) is 3.92. The van der Waals surface area contributed by atoms with E-state index in [-0.39, 0.29) is 28.8 Å². The summed E-state index contributed by atoms with van der Waals surface area (Å²) in [7, 11) is 0. The molecule has 1 N–H and O–H groups in total. The molecule has 4 heterocycles. The van der Waals surface area contributed by atoms with Gasteiger partial charge in [-0.15, -0.1) is 11.3 Å². The lowest BCUT2D eigenvalue weighted by Crippen LogP contribution is -2.49. The summed E-state index contributed by atoms with van der Waals surface area (Å²) < 4.78 is 23.8. The van der Waals surface area contributed by atoms with Gasteiger partial charge in [-0.25, -0.2) is 14.6 Å². The molecule has 2 aromatic heterocycles. The molecule has 2 fully saturated rings. The maximum Gasteiger partial charge on any atom is 0.511 e. The molecule has 0 spiro atoms. The van der Waals surface area contributed by atoms with Gasteiger partial charge < -0.3 is 29.2 Å². The molecule has 0 atom stereocenters. The molecule has 2 aromatic carbocycles. The molecular weight excluding hydrogens is 644 g/mol. The first-order valence-corrected chi connectivity index (χ1v) is 18.0. The van der Waals surface area contributed by atoms with Gasteiger partial charge in [0.15, 0.2) is 6.73 Å². The smallest absolute Gasteiger partial charge is 0.472 e. The molecule has 4 aromatic rings. The molecule has 1 amide bonds. The molecule has 7 rings (SSSR count). The van der Waals surface area contributed by atoms with Crippen molar-refractivity contribution < 1.29 is 33.3 Å². The van der Waals surface area contributed by atoms with E-state index in [4.69, 9.17) is 23.9 Å². The number of carbonyl (C=O) groups is 3. The number of thiophene rings is 1. The van der Waals surface area contributed by atoms with Crippen molar-refractivity contribution in [2.75, 3.05) is 24.8 Å². The van der Waals surface area contributed by atoms with Crippen molar-refractivity contribution in [3.8, 4) is 27.6 Å². The summed E-state index contributed by atoms with van der Waals surface area (Å²) in [5, 5.41) is 3.40. The number of amides is 1. The number of esters is 1. The van der Waals surface area contributed by atoms with Crippen molar-refractivity contribution in [1.29, 1.82) is 0 Å². The van der Waals surface area contributed by atoms with E-state index in [0.29, 0.717) is 24.1 Å². The van der Waals surface area contributed by atoms with Crippen LogP contribution in [-0.4, -0.2) is 59.6 Å². The Bertz CT molecular complexity index is 1850. The van der Waals surface area contributed by atoms with Crippen molar-refractivity contribution in [3.63, 3.8) is 0 Å². The number of rotatable bonds is 8. The summed E-state index contributed by atoms with van der Waals surface area (Å²) >= 11 is 1.25. The number of nitrogens with one attached hydrogen (secondary N) is 1. The van der Waals surface area contributed by atoms with Crippen molar-refractivity contribution in [1.82, 2.24) is 14.9 Å². The van der Waals surface area contributed by atoms with E-state index in [0.717, 1.165) is 84.5 Å². The number of hydrogen-bond acceptors (Lipinski definition) is 10. The molecule has 1 aliphatic carbocycles. The molecule has 258 valence electrons. The minimum absolute atomic E-state index is 0.0571. The van der Waals surface area contributed by atoms with Crippen LogP contribution in [-0.2, 0) is 25.7 Å². The first-order valence-electron chi connectivity index (χ1n) is 17.2. The van der Waals surface area contributed by atoms with Crippen LogP contribution >= 0.6 is 11.3 Å². The van der Waals surface area contributed by atoms with Crippen LogP contribution < -0.4 is 15.0 Å². The van der Waals surface area contributed by atoms with E-state index < -0.39 is 18.9 Å². The standard InChI is InChI=1S/C37H42N4O7S/c1-22(2)48-37(44)47-21-46-36(43)33-30(41(26-14-16-38-17-15-26)35(42)24-10-8-23(3)9-11-24)19-32(49-33)25-12-13-27-31(18-25)45-20-40-29-7-5-4-6-28(29)39-34(27)40/h4-7,12-13,18-19,22-24,26,38H,8-11,14-17,20-21H2,1-3H3. The molecule has 1 saturated carbocycles. The van der Waals surface area contributed by atoms with Crippen LogP contribution in [0.5, 0.6) is 5.75 Å². The molecule has 0 bridgehead atoms. The largest absolute Gasteiger partial charge is 0.511 e. The maximum absolute atomic E-state index is 14.5. The Morgan fingerprint density at radius 2 is 1.80 bits per heavy atom. The monoisotopic (exact) mass is 686 g/mol. The summed E-state index contributed by atoms with van der Waals surface area (Å²) in [6, 6.07) is 15.8. The number of carbonyl (C=O) groups excluding carboxylic acids is 3. The van der Waals surface area contributed by atoms with Gasteiger partial charge in [-0.05, 0) is 107 Å². The minimum atomic E-state index is -0.921. The summed E-state index contributed by atoms with van der Waals surface area (Å²) in [5.74, 6) is 1.41. The minimum Gasteiger partial charge on any atom is -0.472 e. The zero-order valence-corrected chi connectivity index (χ0v) is 28.9. The quantitative estimate of drug-likeness (QED) is 0.150. The number of nitrogens with zero attached hydrogens (tertiary/aromatic N) is 3. The summed E-state index contributed by atoms with van der Waals surface area (Å²) in [5.41, 5.74) is 4.17. The Hall–Kier alpha value is -4.42. The predicted octanol–water partition coefficient (Wildman–Crippen LogP) is 7.37. The molecule has 49 heavy (non-hydrogen) atoms. The number of aromatic nitrogens is 2. The Morgan fingerprint density at radius 1 is 1.02 bits per heavy atom. The molecule has 0 radical (unpaired) electrons. The first-order chi connectivity index (χ1) is 23.8. The van der Waals surface area contributed by atoms with Gasteiger partial charge in [0.1, 0.15) is 16.5 Å². The number of imidazole rings is 1. The molecule has 11 nitrogen and oxygen atoms in total. The normalized spacial score (nSPS) is 19.1. The lowest BCUT2D eigenvalue weighted by Gasteiger charge is -2.38. The van der Waals surface area contributed by atoms with Gasteiger partial charge in [0.25, 0.3) is 0 Å². The highest BCUT2D eigenvalue weighted by Gasteiger charge is 2.37. The third kappa shape index (κ3) is 6.89. The topological polar surface area (TPSA) is 121 Å². The van der Waals surface area contributed by atoms with Crippen LogP contribution in [0.2, 0.25) is 0 Å². The van der Waals surface area contributed by atoms with Crippen LogP contribution in [0, 0.1) is 11.8 Å². The number of ether oxygens (including phenoxy) is 4. The van der Waals surface area contributed by atoms with Crippen molar-refractivity contribution in [3.05, 3.63) is 53.4 Å².